The summed E-state index contributed by atoms with van der Waals surface area (Å²) < 4.78 is 2.06. The second kappa shape index (κ2) is 5.62. The minimum Gasteiger partial charge on any atom is -0.298 e. The van der Waals surface area contributed by atoms with Gasteiger partial charge in [-0.2, -0.15) is 5.10 Å². The van der Waals surface area contributed by atoms with Crippen LogP contribution in [0.1, 0.15) is 12.8 Å². The summed E-state index contributed by atoms with van der Waals surface area (Å²) in [6.07, 6.45) is 4.93. The molecular weight excluding hydrogens is 260 g/mol. The van der Waals surface area contributed by atoms with Gasteiger partial charge in [-0.15, -0.1) is 0 Å². The van der Waals surface area contributed by atoms with Crippen molar-refractivity contribution in [2.45, 2.75) is 25.6 Å². The zero-order valence-corrected chi connectivity index (χ0v) is 12.4. The highest BCUT2D eigenvalue weighted by Gasteiger charge is 2.31. The van der Waals surface area contributed by atoms with Gasteiger partial charge in [-0.05, 0) is 18.9 Å². The molecule has 0 unspecified atom stereocenters. The lowest BCUT2D eigenvalue weighted by Crippen LogP contribution is -2.47. The first-order valence-electron chi connectivity index (χ1n) is 7.94. The van der Waals surface area contributed by atoms with E-state index in [4.69, 9.17) is 5.10 Å². The Labute approximate surface area is 126 Å². The van der Waals surface area contributed by atoms with Gasteiger partial charge in [0.2, 0.25) is 0 Å². The second-order valence-corrected chi connectivity index (χ2v) is 6.13. The van der Waals surface area contributed by atoms with Crippen molar-refractivity contribution in [3.8, 4) is 11.3 Å². The number of benzene rings is 1. The third-order valence-electron chi connectivity index (χ3n) is 4.53. The van der Waals surface area contributed by atoms with Gasteiger partial charge in [-0.1, -0.05) is 30.3 Å². The molecule has 0 atom stereocenters. The Kier molecular flexibility index (Phi) is 3.49. The minimum atomic E-state index is 0.904. The van der Waals surface area contributed by atoms with E-state index in [2.05, 4.69) is 51.0 Å². The van der Waals surface area contributed by atoms with Crippen molar-refractivity contribution < 1.29 is 0 Å². The standard InChI is InChI=1S/C17H22N4/c1-2-4-15(5-3-1)17-8-9-21(18-17)14-19-10-12-20(13-11-19)16-6-7-16/h1-5,8-9,16H,6-7,10-14H2. The molecule has 2 aliphatic rings. The highest BCUT2D eigenvalue weighted by molar-refractivity contribution is 5.57. The highest BCUT2D eigenvalue weighted by Crippen LogP contribution is 2.27. The summed E-state index contributed by atoms with van der Waals surface area (Å²) in [7, 11) is 0. The van der Waals surface area contributed by atoms with Crippen LogP contribution in [0.5, 0.6) is 0 Å². The molecule has 1 aromatic carbocycles. The van der Waals surface area contributed by atoms with E-state index >= 15 is 0 Å². The average molecular weight is 282 g/mol. The van der Waals surface area contributed by atoms with Gasteiger partial charge in [-0.3, -0.25) is 14.5 Å². The van der Waals surface area contributed by atoms with Crippen LogP contribution in [0.25, 0.3) is 11.3 Å². The maximum Gasteiger partial charge on any atom is 0.0929 e. The molecule has 2 aromatic rings. The molecular formula is C17H22N4. The van der Waals surface area contributed by atoms with Crippen molar-refractivity contribution in [2.75, 3.05) is 26.2 Å². The van der Waals surface area contributed by atoms with E-state index < -0.39 is 0 Å². The number of piperazine rings is 1. The Morgan fingerprint density at radius 1 is 0.952 bits per heavy atom. The molecule has 1 saturated heterocycles. The molecule has 0 bridgehead atoms. The third kappa shape index (κ3) is 3.01. The summed E-state index contributed by atoms with van der Waals surface area (Å²) >= 11 is 0. The predicted molar refractivity (Wildman–Crippen MR) is 83.8 cm³/mol. The van der Waals surface area contributed by atoms with E-state index in [0.717, 1.165) is 31.5 Å². The minimum absolute atomic E-state index is 0.904. The lowest BCUT2D eigenvalue weighted by atomic mass is 10.2. The molecule has 1 aliphatic heterocycles. The quantitative estimate of drug-likeness (QED) is 0.860. The number of hydrogen-bond donors (Lipinski definition) is 0. The molecule has 1 saturated carbocycles. The van der Waals surface area contributed by atoms with Crippen LogP contribution in [-0.4, -0.2) is 51.8 Å². The fourth-order valence-corrected chi connectivity index (χ4v) is 3.12. The first-order valence-corrected chi connectivity index (χ1v) is 7.94. The van der Waals surface area contributed by atoms with E-state index in [-0.39, 0.29) is 0 Å². The second-order valence-electron chi connectivity index (χ2n) is 6.13. The summed E-state index contributed by atoms with van der Waals surface area (Å²) in [5.74, 6) is 0. The lowest BCUT2D eigenvalue weighted by Gasteiger charge is -2.34. The van der Waals surface area contributed by atoms with Gasteiger partial charge in [-0.25, -0.2) is 0 Å². The van der Waals surface area contributed by atoms with E-state index in [1.807, 2.05) is 6.07 Å². The van der Waals surface area contributed by atoms with Crippen molar-refractivity contribution in [1.82, 2.24) is 19.6 Å². The monoisotopic (exact) mass is 282 g/mol. The molecule has 2 heterocycles. The van der Waals surface area contributed by atoms with Gasteiger partial charge in [0.05, 0.1) is 12.4 Å². The van der Waals surface area contributed by atoms with Crippen molar-refractivity contribution in [1.29, 1.82) is 0 Å². The maximum atomic E-state index is 4.70. The van der Waals surface area contributed by atoms with Gasteiger partial charge >= 0.3 is 0 Å². The largest absolute Gasteiger partial charge is 0.298 e. The third-order valence-corrected chi connectivity index (χ3v) is 4.53. The molecule has 2 fully saturated rings. The van der Waals surface area contributed by atoms with E-state index in [0.29, 0.717) is 0 Å². The Morgan fingerprint density at radius 2 is 1.71 bits per heavy atom. The fraction of sp³-hybridized carbons (Fsp3) is 0.471. The molecule has 1 aromatic heterocycles. The summed E-state index contributed by atoms with van der Waals surface area (Å²) in [6, 6.07) is 13.4. The van der Waals surface area contributed by atoms with Crippen LogP contribution in [0.3, 0.4) is 0 Å². The summed E-state index contributed by atoms with van der Waals surface area (Å²) in [5, 5.41) is 4.70. The Morgan fingerprint density at radius 3 is 2.43 bits per heavy atom. The smallest absolute Gasteiger partial charge is 0.0929 e. The van der Waals surface area contributed by atoms with Crippen LogP contribution in [0.15, 0.2) is 42.6 Å². The molecule has 110 valence electrons. The molecule has 0 spiro atoms. The molecule has 0 radical (unpaired) electrons. The summed E-state index contributed by atoms with van der Waals surface area (Å²) in [5.41, 5.74) is 2.25. The maximum absolute atomic E-state index is 4.70. The first kappa shape index (κ1) is 13.0. The Balaban J connectivity index is 1.36. The molecule has 0 N–H and O–H groups in total. The average Bonchev–Trinajstić information content (AvgIpc) is 3.29. The zero-order chi connectivity index (χ0) is 14.1. The van der Waals surface area contributed by atoms with Crippen LogP contribution < -0.4 is 0 Å². The molecule has 4 rings (SSSR count). The zero-order valence-electron chi connectivity index (χ0n) is 12.4. The highest BCUT2D eigenvalue weighted by atomic mass is 15.4. The van der Waals surface area contributed by atoms with Gasteiger partial charge in [0.15, 0.2) is 0 Å². The molecule has 1 aliphatic carbocycles. The fourth-order valence-electron chi connectivity index (χ4n) is 3.12. The van der Waals surface area contributed by atoms with Crippen LogP contribution in [-0.2, 0) is 6.67 Å². The van der Waals surface area contributed by atoms with Crippen LogP contribution >= 0.6 is 0 Å². The number of nitrogens with zero attached hydrogens (tertiary/aromatic N) is 4. The number of aromatic nitrogens is 2. The molecule has 4 nitrogen and oxygen atoms in total. The topological polar surface area (TPSA) is 24.3 Å². The van der Waals surface area contributed by atoms with E-state index in [1.165, 1.54) is 31.5 Å². The SMILES string of the molecule is c1ccc(-c2ccn(CN3CCN(C4CC4)CC3)n2)cc1. The normalized spacial score (nSPS) is 20.8. The predicted octanol–water partition coefficient (Wildman–Crippen LogP) is 2.29. The summed E-state index contributed by atoms with van der Waals surface area (Å²) in [4.78, 5) is 5.15. The van der Waals surface area contributed by atoms with Crippen molar-refractivity contribution in [2.24, 2.45) is 0 Å². The Hall–Kier alpha value is -1.65. The summed E-state index contributed by atoms with van der Waals surface area (Å²) in [6.45, 7) is 5.67. The lowest BCUT2D eigenvalue weighted by molar-refractivity contribution is 0.0985. The molecule has 0 amide bonds. The number of hydrogen-bond acceptors (Lipinski definition) is 3. The van der Waals surface area contributed by atoms with Gasteiger partial charge in [0.1, 0.15) is 0 Å². The van der Waals surface area contributed by atoms with Crippen molar-refractivity contribution in [3.63, 3.8) is 0 Å². The van der Waals surface area contributed by atoms with E-state index in [9.17, 15) is 0 Å². The van der Waals surface area contributed by atoms with E-state index in [1.54, 1.807) is 0 Å². The molecule has 21 heavy (non-hydrogen) atoms. The van der Waals surface area contributed by atoms with Crippen LogP contribution in [0.2, 0.25) is 0 Å². The van der Waals surface area contributed by atoms with Crippen molar-refractivity contribution in [3.05, 3.63) is 42.6 Å². The van der Waals surface area contributed by atoms with Crippen molar-refractivity contribution >= 4 is 0 Å². The Bertz CT molecular complexity index is 580. The first-order chi connectivity index (χ1) is 10.4. The van der Waals surface area contributed by atoms with Gasteiger partial charge < -0.3 is 0 Å². The van der Waals surface area contributed by atoms with Crippen LogP contribution in [0, 0.1) is 0 Å². The van der Waals surface area contributed by atoms with Gasteiger partial charge in [0, 0.05) is 44.0 Å². The number of rotatable bonds is 4. The van der Waals surface area contributed by atoms with Gasteiger partial charge in [0.25, 0.3) is 0 Å². The van der Waals surface area contributed by atoms with Crippen LogP contribution in [0.4, 0.5) is 0 Å². The molecule has 4 heteroatoms.